The maximum atomic E-state index is 14.6. The maximum absolute atomic E-state index is 14.6. The summed E-state index contributed by atoms with van der Waals surface area (Å²) in [5, 5.41) is 15.4. The van der Waals surface area contributed by atoms with E-state index in [2.05, 4.69) is 10.5 Å². The first-order valence-electron chi connectivity index (χ1n) is 13.6. The number of piperidine rings is 1. The number of hydrogen-bond donors (Lipinski definition) is 2. The lowest BCUT2D eigenvalue weighted by atomic mass is 9.99. The van der Waals surface area contributed by atoms with Crippen molar-refractivity contribution in [2.75, 3.05) is 5.32 Å². The highest BCUT2D eigenvalue weighted by atomic mass is 19.4. The number of aromatic nitrogens is 1. The Kier molecular flexibility index (Phi) is 7.16. The zero-order chi connectivity index (χ0) is 29.8. The van der Waals surface area contributed by atoms with Gasteiger partial charge >= 0.3 is 18.2 Å². The highest BCUT2D eigenvalue weighted by Gasteiger charge is 2.45. The molecule has 3 aromatic rings. The minimum atomic E-state index is -4.88. The predicted octanol–water partition coefficient (Wildman–Crippen LogP) is 6.96. The van der Waals surface area contributed by atoms with Gasteiger partial charge in [0.15, 0.2) is 0 Å². The monoisotopic (exact) mass is 591 g/mol. The van der Waals surface area contributed by atoms with E-state index in [-0.39, 0.29) is 42.0 Å². The molecule has 222 valence electrons. The number of amides is 2. The van der Waals surface area contributed by atoms with Crippen LogP contribution in [0.5, 0.6) is 0 Å². The second-order valence-corrected chi connectivity index (χ2v) is 10.9. The van der Waals surface area contributed by atoms with Crippen LogP contribution in [0.15, 0.2) is 40.9 Å². The molecular weight excluding hydrogens is 565 g/mol. The Morgan fingerprint density at radius 1 is 1.05 bits per heavy atom. The maximum Gasteiger partial charge on any atom is 0.418 e. The molecule has 3 heterocycles. The average molecular weight is 592 g/mol. The molecule has 2 aromatic carbocycles. The minimum absolute atomic E-state index is 0.000384. The number of aromatic carboxylic acids is 1. The Hall–Kier alpha value is -4.00. The fraction of sp³-hybridized carbons (Fsp3) is 0.414. The fourth-order valence-corrected chi connectivity index (χ4v) is 6.04. The Morgan fingerprint density at radius 2 is 1.71 bits per heavy atom. The molecule has 13 heteroatoms. The minimum Gasteiger partial charge on any atom is -0.478 e. The van der Waals surface area contributed by atoms with Crippen molar-refractivity contribution in [1.82, 2.24) is 10.1 Å². The van der Waals surface area contributed by atoms with Gasteiger partial charge in [0.25, 0.3) is 0 Å². The second kappa shape index (κ2) is 10.7. The molecule has 42 heavy (non-hydrogen) atoms. The van der Waals surface area contributed by atoms with Crippen LogP contribution >= 0.6 is 0 Å². The van der Waals surface area contributed by atoms with Crippen LogP contribution in [-0.4, -0.2) is 45.4 Å². The molecule has 2 N–H and O–H groups in total. The van der Waals surface area contributed by atoms with Crippen molar-refractivity contribution in [3.8, 4) is 11.3 Å². The lowest BCUT2D eigenvalue weighted by Gasteiger charge is -2.38. The lowest BCUT2D eigenvalue weighted by Crippen LogP contribution is -2.50. The number of benzene rings is 2. The molecule has 8 nitrogen and oxygen atoms in total. The standard InChI is InChI=1S/C29H26F5N3O5/c30-21-2-1-3-22(31)24(21)25-19(26(42-36-25)14-4-5-14)13-41-18-11-16-7-8-17(12-18)37(16)28(40)35-23-9-6-15(27(38)39)10-20(23)29(32,33)34/h1-3,6,9-10,14,16-18H,4-5,7-8,11-13H2,(H,35,40)(H,38,39). The van der Waals surface area contributed by atoms with Crippen LogP contribution in [0.2, 0.25) is 0 Å². The summed E-state index contributed by atoms with van der Waals surface area (Å²) in [7, 11) is 0. The van der Waals surface area contributed by atoms with Crippen LogP contribution in [0.25, 0.3) is 11.3 Å². The number of nitrogens with one attached hydrogen (secondary N) is 1. The first-order chi connectivity index (χ1) is 20.0. The number of urea groups is 1. The first kappa shape index (κ1) is 28.1. The van der Waals surface area contributed by atoms with Crippen molar-refractivity contribution < 1.29 is 45.9 Å². The number of rotatable bonds is 7. The van der Waals surface area contributed by atoms with Gasteiger partial charge in [-0.1, -0.05) is 11.2 Å². The van der Waals surface area contributed by atoms with E-state index in [1.54, 1.807) is 0 Å². The number of ether oxygens (including phenoxy) is 1. The van der Waals surface area contributed by atoms with E-state index in [4.69, 9.17) is 14.4 Å². The van der Waals surface area contributed by atoms with Gasteiger partial charge in [-0.2, -0.15) is 13.2 Å². The number of halogens is 5. The van der Waals surface area contributed by atoms with Crippen LogP contribution in [0.3, 0.4) is 0 Å². The number of carbonyl (C=O) groups is 2. The van der Waals surface area contributed by atoms with E-state index in [0.717, 1.165) is 37.1 Å². The van der Waals surface area contributed by atoms with Gasteiger partial charge in [-0.25, -0.2) is 18.4 Å². The number of carbonyl (C=O) groups excluding carboxylic acids is 1. The third-order valence-electron chi connectivity index (χ3n) is 8.17. The zero-order valence-electron chi connectivity index (χ0n) is 22.1. The van der Waals surface area contributed by atoms with Gasteiger partial charge in [-0.3, -0.25) is 0 Å². The fourth-order valence-electron chi connectivity index (χ4n) is 6.04. The summed E-state index contributed by atoms with van der Waals surface area (Å²) in [4.78, 5) is 25.9. The summed E-state index contributed by atoms with van der Waals surface area (Å²) < 4.78 is 81.8. The third kappa shape index (κ3) is 5.33. The molecule has 0 spiro atoms. The largest absolute Gasteiger partial charge is 0.478 e. The van der Waals surface area contributed by atoms with Crippen LogP contribution in [0.1, 0.15) is 71.7 Å². The number of nitrogens with zero attached hydrogens (tertiary/aromatic N) is 2. The van der Waals surface area contributed by atoms with Crippen molar-refractivity contribution in [1.29, 1.82) is 0 Å². The van der Waals surface area contributed by atoms with E-state index < -0.39 is 46.6 Å². The van der Waals surface area contributed by atoms with E-state index in [9.17, 15) is 31.5 Å². The molecule has 6 rings (SSSR count). The van der Waals surface area contributed by atoms with Crippen molar-refractivity contribution in [3.63, 3.8) is 0 Å². The van der Waals surface area contributed by atoms with Gasteiger partial charge in [-0.05, 0) is 68.9 Å². The normalized spacial score (nSPS) is 21.9. The second-order valence-electron chi connectivity index (χ2n) is 10.9. The molecule has 1 aromatic heterocycles. The Labute approximate surface area is 236 Å². The number of hydrogen-bond acceptors (Lipinski definition) is 5. The van der Waals surface area contributed by atoms with E-state index in [0.29, 0.717) is 43.1 Å². The summed E-state index contributed by atoms with van der Waals surface area (Å²) in [5.74, 6) is -2.40. The van der Waals surface area contributed by atoms with Crippen molar-refractivity contribution in [2.45, 2.75) is 75.4 Å². The highest BCUT2D eigenvalue weighted by Crippen LogP contribution is 2.45. The summed E-state index contributed by atoms with van der Waals surface area (Å²) in [6, 6.07) is 4.69. The van der Waals surface area contributed by atoms with Crippen molar-refractivity contribution in [3.05, 3.63) is 70.5 Å². The summed E-state index contributed by atoms with van der Waals surface area (Å²) in [5.41, 5.74) is -2.06. The number of alkyl halides is 3. The number of carboxylic acids is 1. The number of fused-ring (bicyclic) bond motifs is 2. The van der Waals surface area contributed by atoms with Crippen molar-refractivity contribution >= 4 is 17.7 Å². The molecule has 2 atom stereocenters. The van der Waals surface area contributed by atoms with E-state index in [1.807, 2.05) is 0 Å². The topological polar surface area (TPSA) is 105 Å². The molecule has 1 aliphatic carbocycles. The summed E-state index contributed by atoms with van der Waals surface area (Å²) in [6.07, 6.45) is -1.35. The van der Waals surface area contributed by atoms with Crippen LogP contribution in [0, 0.1) is 11.6 Å². The zero-order valence-corrected chi connectivity index (χ0v) is 22.1. The van der Waals surface area contributed by atoms with Gasteiger partial charge in [0.2, 0.25) is 0 Å². The quantitative estimate of drug-likeness (QED) is 0.288. The van der Waals surface area contributed by atoms with Gasteiger partial charge in [0, 0.05) is 23.6 Å². The Morgan fingerprint density at radius 3 is 2.31 bits per heavy atom. The number of anilines is 1. The smallest absolute Gasteiger partial charge is 0.418 e. The molecule has 1 saturated carbocycles. The van der Waals surface area contributed by atoms with Crippen molar-refractivity contribution in [2.24, 2.45) is 0 Å². The molecule has 3 fully saturated rings. The molecule has 0 radical (unpaired) electrons. The predicted molar refractivity (Wildman–Crippen MR) is 138 cm³/mol. The van der Waals surface area contributed by atoms with Crippen LogP contribution in [-0.2, 0) is 17.5 Å². The Bertz CT molecular complexity index is 1500. The lowest BCUT2D eigenvalue weighted by molar-refractivity contribution is -0.136. The van der Waals surface area contributed by atoms with Gasteiger partial charge < -0.3 is 24.6 Å². The number of carboxylic acid groups (broad SMARTS) is 1. The van der Waals surface area contributed by atoms with E-state index >= 15 is 0 Å². The Balaban J connectivity index is 1.16. The van der Waals surface area contributed by atoms with Gasteiger partial charge in [0.05, 0.1) is 35.1 Å². The van der Waals surface area contributed by atoms with Gasteiger partial charge in [0.1, 0.15) is 23.1 Å². The molecule has 2 aliphatic heterocycles. The van der Waals surface area contributed by atoms with Crippen LogP contribution < -0.4 is 5.32 Å². The molecule has 2 bridgehead atoms. The first-order valence-corrected chi connectivity index (χ1v) is 13.6. The summed E-state index contributed by atoms with van der Waals surface area (Å²) >= 11 is 0. The third-order valence-corrected chi connectivity index (χ3v) is 8.17. The molecule has 2 amide bonds. The molecule has 2 saturated heterocycles. The SMILES string of the molecule is O=C(O)c1ccc(NC(=O)N2C3CCC2CC(OCc2c(-c4c(F)cccc4F)noc2C2CC2)C3)c(C(F)(F)F)c1. The summed E-state index contributed by atoms with van der Waals surface area (Å²) in [6.45, 7) is -0.000384. The average Bonchev–Trinajstić information content (AvgIpc) is 3.63. The van der Waals surface area contributed by atoms with Gasteiger partial charge in [-0.15, -0.1) is 0 Å². The highest BCUT2D eigenvalue weighted by molar-refractivity contribution is 5.93. The molecule has 3 aliphatic rings. The molecule has 2 unspecified atom stereocenters. The van der Waals surface area contributed by atoms with E-state index in [1.165, 1.54) is 11.0 Å². The van der Waals surface area contributed by atoms with Crippen LogP contribution in [0.4, 0.5) is 32.4 Å². The molecular formula is C29H26F5N3O5.